The van der Waals surface area contributed by atoms with Gasteiger partial charge < -0.3 is 11.1 Å². The largest absolute Gasteiger partial charge is 0.399 e. The number of hydrogen-bond donors (Lipinski definition) is 2. The number of nitrogen functional groups attached to an aromatic ring is 1. The molecule has 1 amide bonds. The number of thioether (sulfide) groups is 1. The molecule has 1 rings (SSSR count). The Bertz CT molecular complexity index is 432. The van der Waals surface area contributed by atoms with Gasteiger partial charge in [-0.05, 0) is 48.6 Å². The Morgan fingerprint density at radius 3 is 3.00 bits per heavy atom. The van der Waals surface area contributed by atoms with Crippen molar-refractivity contribution in [3.63, 3.8) is 0 Å². The monoisotopic (exact) mass is 278 g/mol. The Morgan fingerprint density at radius 1 is 1.53 bits per heavy atom. The first kappa shape index (κ1) is 15.6. The van der Waals surface area contributed by atoms with Crippen LogP contribution in [0.4, 0.5) is 5.69 Å². The molecule has 4 heteroatoms. The number of carbonyl (C=O) groups excluding carboxylic acids is 1. The predicted molar refractivity (Wildman–Crippen MR) is 85.1 cm³/mol. The molecule has 1 aromatic carbocycles. The smallest absolute Gasteiger partial charge is 0.244 e. The second-order valence-corrected chi connectivity index (χ2v) is 5.79. The average molecular weight is 278 g/mol. The van der Waals surface area contributed by atoms with Crippen molar-refractivity contribution >= 4 is 29.4 Å². The zero-order valence-electron chi connectivity index (χ0n) is 11.6. The minimum atomic E-state index is -0.0589. The number of rotatable bonds is 7. The number of amides is 1. The summed E-state index contributed by atoms with van der Waals surface area (Å²) in [5.74, 6) is 2.14. The van der Waals surface area contributed by atoms with Gasteiger partial charge in [-0.1, -0.05) is 19.1 Å². The molecule has 0 saturated carbocycles. The van der Waals surface area contributed by atoms with E-state index in [2.05, 4.69) is 12.2 Å². The van der Waals surface area contributed by atoms with E-state index in [1.807, 2.05) is 43.0 Å². The van der Waals surface area contributed by atoms with Gasteiger partial charge in [0.1, 0.15) is 0 Å². The van der Waals surface area contributed by atoms with Gasteiger partial charge in [-0.2, -0.15) is 11.8 Å². The van der Waals surface area contributed by atoms with Gasteiger partial charge in [0.05, 0.1) is 0 Å². The van der Waals surface area contributed by atoms with Crippen molar-refractivity contribution in [2.45, 2.75) is 26.3 Å². The third-order valence-corrected chi connectivity index (χ3v) is 3.56. The van der Waals surface area contributed by atoms with Crippen LogP contribution in [0, 0.1) is 0 Å². The van der Waals surface area contributed by atoms with Crippen molar-refractivity contribution in [3.8, 4) is 0 Å². The van der Waals surface area contributed by atoms with Gasteiger partial charge in [-0.25, -0.2) is 0 Å². The summed E-state index contributed by atoms with van der Waals surface area (Å²) in [6, 6.07) is 7.66. The van der Waals surface area contributed by atoms with E-state index in [-0.39, 0.29) is 11.9 Å². The van der Waals surface area contributed by atoms with E-state index in [1.54, 1.807) is 12.2 Å². The summed E-state index contributed by atoms with van der Waals surface area (Å²) in [6.07, 6.45) is 4.33. The third kappa shape index (κ3) is 6.91. The first-order valence-electron chi connectivity index (χ1n) is 6.53. The van der Waals surface area contributed by atoms with E-state index < -0.39 is 0 Å². The van der Waals surface area contributed by atoms with Crippen LogP contribution in [0.15, 0.2) is 30.3 Å². The maximum Gasteiger partial charge on any atom is 0.244 e. The lowest BCUT2D eigenvalue weighted by Crippen LogP contribution is -2.31. The van der Waals surface area contributed by atoms with Crippen LogP contribution in [0.25, 0.3) is 6.08 Å². The summed E-state index contributed by atoms with van der Waals surface area (Å²) in [6.45, 7) is 4.17. The van der Waals surface area contributed by atoms with Crippen LogP contribution in [0.2, 0.25) is 0 Å². The van der Waals surface area contributed by atoms with E-state index in [9.17, 15) is 4.79 Å². The fourth-order valence-corrected chi connectivity index (χ4v) is 2.41. The molecule has 19 heavy (non-hydrogen) atoms. The molecule has 1 unspecified atom stereocenters. The topological polar surface area (TPSA) is 55.1 Å². The molecule has 1 aromatic rings. The highest BCUT2D eigenvalue weighted by atomic mass is 32.2. The van der Waals surface area contributed by atoms with Gasteiger partial charge >= 0.3 is 0 Å². The van der Waals surface area contributed by atoms with E-state index >= 15 is 0 Å². The van der Waals surface area contributed by atoms with Gasteiger partial charge in [0.25, 0.3) is 0 Å². The van der Waals surface area contributed by atoms with Gasteiger partial charge in [0.15, 0.2) is 0 Å². The molecule has 0 aliphatic rings. The summed E-state index contributed by atoms with van der Waals surface area (Å²) in [5.41, 5.74) is 7.31. The fourth-order valence-electron chi connectivity index (χ4n) is 1.60. The molecular weight excluding hydrogens is 256 g/mol. The molecule has 0 saturated heterocycles. The minimum Gasteiger partial charge on any atom is -0.399 e. The molecule has 3 N–H and O–H groups in total. The lowest BCUT2D eigenvalue weighted by molar-refractivity contribution is -0.117. The number of benzene rings is 1. The van der Waals surface area contributed by atoms with Crippen LogP contribution in [0.1, 0.15) is 25.8 Å². The summed E-state index contributed by atoms with van der Waals surface area (Å²) in [5, 5.41) is 2.95. The molecule has 104 valence electrons. The molecule has 0 fully saturated rings. The first-order valence-corrected chi connectivity index (χ1v) is 7.69. The second-order valence-electron chi connectivity index (χ2n) is 4.40. The Hall–Kier alpha value is -1.42. The van der Waals surface area contributed by atoms with Gasteiger partial charge in [0, 0.05) is 17.8 Å². The highest BCUT2D eigenvalue weighted by Crippen LogP contribution is 2.08. The molecule has 0 radical (unpaired) electrons. The molecule has 0 aromatic heterocycles. The molecule has 0 aliphatic carbocycles. The van der Waals surface area contributed by atoms with Crippen LogP contribution in [-0.2, 0) is 4.79 Å². The summed E-state index contributed by atoms with van der Waals surface area (Å²) < 4.78 is 0. The van der Waals surface area contributed by atoms with Crippen LogP contribution in [-0.4, -0.2) is 23.5 Å². The Morgan fingerprint density at radius 2 is 2.32 bits per heavy atom. The van der Waals surface area contributed by atoms with Gasteiger partial charge in [-0.3, -0.25) is 4.79 Å². The summed E-state index contributed by atoms with van der Waals surface area (Å²) >= 11 is 1.89. The van der Waals surface area contributed by atoms with Crippen LogP contribution in [0.5, 0.6) is 0 Å². The summed E-state index contributed by atoms with van der Waals surface area (Å²) in [7, 11) is 0. The van der Waals surface area contributed by atoms with Crippen molar-refractivity contribution < 1.29 is 4.79 Å². The molecule has 0 heterocycles. The standard InChI is InChI=1S/C15H22N2OS/c1-3-19-10-9-12(2)17-15(18)8-7-13-5-4-6-14(16)11-13/h4-8,11-12H,3,9-10,16H2,1-2H3,(H,17,18)/b8-7+. The fraction of sp³-hybridized carbons (Fsp3) is 0.400. The van der Waals surface area contributed by atoms with Crippen LogP contribution < -0.4 is 11.1 Å². The maximum absolute atomic E-state index is 11.7. The SMILES string of the molecule is CCSCCC(C)NC(=O)/C=C/c1cccc(N)c1. The average Bonchev–Trinajstić information content (AvgIpc) is 2.37. The number of hydrogen-bond acceptors (Lipinski definition) is 3. The van der Waals surface area contributed by atoms with Crippen molar-refractivity contribution in [2.75, 3.05) is 17.2 Å². The van der Waals surface area contributed by atoms with Gasteiger partial charge in [0.2, 0.25) is 5.91 Å². The van der Waals surface area contributed by atoms with Crippen LogP contribution in [0.3, 0.4) is 0 Å². The second kappa shape index (κ2) is 8.64. The van der Waals surface area contributed by atoms with Crippen LogP contribution >= 0.6 is 11.8 Å². The Kier molecular flexibility index (Phi) is 7.11. The summed E-state index contributed by atoms with van der Waals surface area (Å²) in [4.78, 5) is 11.7. The molecule has 0 aliphatic heterocycles. The minimum absolute atomic E-state index is 0.0589. The maximum atomic E-state index is 11.7. The number of nitrogens with two attached hydrogens (primary N) is 1. The number of nitrogens with one attached hydrogen (secondary N) is 1. The van der Waals surface area contributed by atoms with Crippen molar-refractivity contribution in [3.05, 3.63) is 35.9 Å². The van der Waals surface area contributed by atoms with Crippen molar-refractivity contribution in [2.24, 2.45) is 0 Å². The van der Waals surface area contributed by atoms with Crippen molar-refractivity contribution in [1.82, 2.24) is 5.32 Å². The van der Waals surface area contributed by atoms with Gasteiger partial charge in [-0.15, -0.1) is 0 Å². The third-order valence-electron chi connectivity index (χ3n) is 2.63. The first-order chi connectivity index (χ1) is 9.11. The highest BCUT2D eigenvalue weighted by molar-refractivity contribution is 7.99. The zero-order valence-corrected chi connectivity index (χ0v) is 12.4. The lowest BCUT2D eigenvalue weighted by atomic mass is 10.2. The molecular formula is C15H22N2OS. The molecule has 3 nitrogen and oxygen atoms in total. The predicted octanol–water partition coefficient (Wildman–Crippen LogP) is 2.93. The zero-order chi connectivity index (χ0) is 14.1. The van der Waals surface area contributed by atoms with E-state index in [1.165, 1.54) is 0 Å². The molecule has 1 atom stereocenters. The van der Waals surface area contributed by atoms with Crippen molar-refractivity contribution in [1.29, 1.82) is 0 Å². The lowest BCUT2D eigenvalue weighted by Gasteiger charge is -2.11. The Labute approximate surface area is 119 Å². The van der Waals surface area contributed by atoms with E-state index in [0.717, 1.165) is 23.5 Å². The quantitative estimate of drug-likeness (QED) is 0.458. The van der Waals surface area contributed by atoms with E-state index in [4.69, 9.17) is 5.73 Å². The highest BCUT2D eigenvalue weighted by Gasteiger charge is 2.03. The molecule has 0 spiro atoms. The number of carbonyl (C=O) groups is 1. The number of anilines is 1. The normalized spacial score (nSPS) is 12.5. The molecule has 0 bridgehead atoms. The van der Waals surface area contributed by atoms with E-state index in [0.29, 0.717) is 5.69 Å². The Balaban J connectivity index is 2.38.